The number of ether oxygens (including phenoxy) is 2. The molecule has 128 valence electrons. The monoisotopic (exact) mass is 354 g/mol. The van der Waals surface area contributed by atoms with Gasteiger partial charge in [0.05, 0.1) is 18.1 Å². The first-order valence-electron chi connectivity index (χ1n) is 8.31. The summed E-state index contributed by atoms with van der Waals surface area (Å²) in [5.74, 6) is 1.58. The van der Waals surface area contributed by atoms with Crippen molar-refractivity contribution in [3.05, 3.63) is 46.1 Å². The summed E-state index contributed by atoms with van der Waals surface area (Å²) in [5, 5.41) is 1.04. The zero-order valence-electron chi connectivity index (χ0n) is 14.2. The molecule has 5 nitrogen and oxygen atoms in total. The predicted octanol–water partition coefficient (Wildman–Crippen LogP) is 4.46. The lowest BCUT2D eigenvalue weighted by molar-refractivity contribution is 0.0600. The minimum atomic E-state index is -0.362. The van der Waals surface area contributed by atoms with Gasteiger partial charge in [-0.15, -0.1) is 11.3 Å². The Hall–Kier alpha value is -2.47. The van der Waals surface area contributed by atoms with Gasteiger partial charge in [-0.1, -0.05) is 0 Å². The van der Waals surface area contributed by atoms with Crippen LogP contribution in [0.3, 0.4) is 0 Å². The Morgan fingerprint density at radius 3 is 2.64 bits per heavy atom. The van der Waals surface area contributed by atoms with Crippen LogP contribution in [0.5, 0.6) is 11.6 Å². The van der Waals surface area contributed by atoms with Gasteiger partial charge in [0.15, 0.2) is 0 Å². The summed E-state index contributed by atoms with van der Waals surface area (Å²) in [6, 6.07) is 6.90. The first-order valence-corrected chi connectivity index (χ1v) is 9.12. The number of carbonyl (C=O) groups excluding carboxylic acids is 1. The molecule has 0 bridgehead atoms. The number of thiophene rings is 1. The lowest BCUT2D eigenvalue weighted by Gasteiger charge is -2.12. The van der Waals surface area contributed by atoms with Crippen molar-refractivity contribution in [2.24, 2.45) is 0 Å². The van der Waals surface area contributed by atoms with E-state index in [2.05, 4.69) is 9.97 Å². The Morgan fingerprint density at radius 2 is 1.88 bits per heavy atom. The third kappa shape index (κ3) is 2.98. The molecule has 0 saturated carbocycles. The van der Waals surface area contributed by atoms with Crippen molar-refractivity contribution in [1.29, 1.82) is 0 Å². The molecule has 1 aromatic carbocycles. The van der Waals surface area contributed by atoms with Crippen LogP contribution in [0, 0.1) is 6.92 Å². The molecular weight excluding hydrogens is 336 g/mol. The lowest BCUT2D eigenvalue weighted by Crippen LogP contribution is -2.01. The van der Waals surface area contributed by atoms with Crippen LogP contribution in [0.4, 0.5) is 0 Å². The van der Waals surface area contributed by atoms with Gasteiger partial charge in [-0.2, -0.15) is 4.98 Å². The summed E-state index contributed by atoms with van der Waals surface area (Å²) >= 11 is 1.76. The third-order valence-electron chi connectivity index (χ3n) is 4.38. The second-order valence-corrected chi connectivity index (χ2v) is 7.17. The molecule has 0 unspecified atom stereocenters. The van der Waals surface area contributed by atoms with E-state index in [1.807, 2.05) is 6.92 Å². The van der Waals surface area contributed by atoms with E-state index in [0.29, 0.717) is 23.0 Å². The number of hydrogen-bond acceptors (Lipinski definition) is 6. The number of aromatic nitrogens is 2. The fourth-order valence-electron chi connectivity index (χ4n) is 3.19. The number of benzene rings is 1. The number of carbonyl (C=O) groups is 1. The number of rotatable bonds is 3. The highest BCUT2D eigenvalue weighted by molar-refractivity contribution is 7.18. The first kappa shape index (κ1) is 16.0. The highest BCUT2D eigenvalue weighted by Crippen LogP contribution is 2.40. The van der Waals surface area contributed by atoms with Gasteiger partial charge >= 0.3 is 5.97 Å². The number of aryl methyl sites for hydroxylation is 3. The number of methoxy groups -OCH3 is 1. The Balaban J connectivity index is 1.73. The smallest absolute Gasteiger partial charge is 0.337 e. The van der Waals surface area contributed by atoms with Crippen molar-refractivity contribution < 1.29 is 14.3 Å². The molecule has 1 aliphatic rings. The molecule has 0 radical (unpaired) electrons. The molecule has 25 heavy (non-hydrogen) atoms. The van der Waals surface area contributed by atoms with Crippen molar-refractivity contribution in [2.75, 3.05) is 7.11 Å². The Morgan fingerprint density at radius 1 is 1.12 bits per heavy atom. The first-order chi connectivity index (χ1) is 12.2. The van der Waals surface area contributed by atoms with E-state index in [-0.39, 0.29) is 5.97 Å². The van der Waals surface area contributed by atoms with Crippen molar-refractivity contribution in [1.82, 2.24) is 9.97 Å². The summed E-state index contributed by atoms with van der Waals surface area (Å²) in [7, 11) is 1.37. The molecule has 6 heteroatoms. The minimum absolute atomic E-state index is 0.362. The van der Waals surface area contributed by atoms with E-state index < -0.39 is 0 Å². The van der Waals surface area contributed by atoms with Gasteiger partial charge in [0, 0.05) is 4.88 Å². The molecule has 0 saturated heterocycles. The Bertz CT molecular complexity index is 947. The van der Waals surface area contributed by atoms with Crippen LogP contribution in [-0.4, -0.2) is 23.0 Å². The van der Waals surface area contributed by atoms with Crippen molar-refractivity contribution in [2.45, 2.75) is 32.6 Å². The van der Waals surface area contributed by atoms with E-state index >= 15 is 0 Å². The second-order valence-electron chi connectivity index (χ2n) is 6.09. The summed E-state index contributed by atoms with van der Waals surface area (Å²) in [6.45, 7) is 1.88. The van der Waals surface area contributed by atoms with Crippen molar-refractivity contribution >= 4 is 27.5 Å². The maximum absolute atomic E-state index is 11.5. The molecule has 2 heterocycles. The average Bonchev–Trinajstić information content (AvgIpc) is 2.99. The highest BCUT2D eigenvalue weighted by Gasteiger charge is 2.21. The van der Waals surface area contributed by atoms with Gasteiger partial charge < -0.3 is 9.47 Å². The molecule has 2 aromatic heterocycles. The molecule has 1 aliphatic carbocycles. The number of nitrogens with zero attached hydrogens (tertiary/aromatic N) is 2. The molecule has 3 aromatic rings. The van der Waals surface area contributed by atoms with Crippen LogP contribution in [0.25, 0.3) is 10.2 Å². The number of hydrogen-bond donors (Lipinski definition) is 0. The average molecular weight is 354 g/mol. The van der Waals surface area contributed by atoms with E-state index in [1.165, 1.54) is 30.4 Å². The molecule has 0 amide bonds. The molecular formula is C19H18N2O3S. The highest BCUT2D eigenvalue weighted by atomic mass is 32.1. The second kappa shape index (κ2) is 6.44. The maximum atomic E-state index is 11.5. The van der Waals surface area contributed by atoms with E-state index in [9.17, 15) is 4.79 Å². The summed E-state index contributed by atoms with van der Waals surface area (Å²) in [4.78, 5) is 23.1. The van der Waals surface area contributed by atoms with Crippen molar-refractivity contribution in [3.8, 4) is 11.6 Å². The topological polar surface area (TPSA) is 61.3 Å². The maximum Gasteiger partial charge on any atom is 0.337 e. The van der Waals surface area contributed by atoms with E-state index in [4.69, 9.17) is 9.47 Å². The molecule has 0 aliphatic heterocycles. The standard InChI is InChI=1S/C19H18N2O3S/c1-11-20-17(24-13-9-7-12(8-10-13)19(22)23-2)16-14-5-3-4-6-15(14)25-18(16)21-11/h7-10H,3-6H2,1-2H3. The van der Waals surface area contributed by atoms with E-state index in [0.717, 1.165) is 23.1 Å². The van der Waals surface area contributed by atoms with Crippen LogP contribution in [0.2, 0.25) is 0 Å². The van der Waals surface area contributed by atoms with Crippen LogP contribution in [0.15, 0.2) is 24.3 Å². The van der Waals surface area contributed by atoms with Gasteiger partial charge in [-0.25, -0.2) is 9.78 Å². The predicted molar refractivity (Wildman–Crippen MR) is 96.6 cm³/mol. The summed E-state index contributed by atoms with van der Waals surface area (Å²) < 4.78 is 10.8. The zero-order chi connectivity index (χ0) is 17.4. The normalized spacial score (nSPS) is 13.5. The summed E-state index contributed by atoms with van der Waals surface area (Å²) in [6.07, 6.45) is 4.60. The lowest BCUT2D eigenvalue weighted by atomic mass is 9.97. The largest absolute Gasteiger partial charge is 0.465 e. The number of esters is 1. The fraction of sp³-hybridized carbons (Fsp3) is 0.316. The van der Waals surface area contributed by atoms with E-state index in [1.54, 1.807) is 35.6 Å². The van der Waals surface area contributed by atoms with Gasteiger partial charge in [-0.3, -0.25) is 0 Å². The van der Waals surface area contributed by atoms with Crippen LogP contribution in [0.1, 0.15) is 39.5 Å². The van der Waals surface area contributed by atoms with Gasteiger partial charge in [0.1, 0.15) is 16.4 Å². The fourth-order valence-corrected chi connectivity index (χ4v) is 4.49. The molecule has 0 fully saturated rings. The van der Waals surface area contributed by atoms with Gasteiger partial charge in [-0.05, 0) is 62.4 Å². The minimum Gasteiger partial charge on any atom is -0.465 e. The summed E-state index contributed by atoms with van der Waals surface area (Å²) in [5.41, 5.74) is 1.83. The third-order valence-corrected chi connectivity index (χ3v) is 5.57. The van der Waals surface area contributed by atoms with Crippen LogP contribution >= 0.6 is 11.3 Å². The SMILES string of the molecule is COC(=O)c1ccc(Oc2nc(C)nc3sc4c(c23)CCCC4)cc1. The Kier molecular flexibility index (Phi) is 4.13. The molecule has 0 atom stereocenters. The zero-order valence-corrected chi connectivity index (χ0v) is 15.0. The van der Waals surface area contributed by atoms with Crippen LogP contribution in [-0.2, 0) is 17.6 Å². The molecule has 0 spiro atoms. The van der Waals surface area contributed by atoms with Gasteiger partial charge in [0.25, 0.3) is 0 Å². The number of fused-ring (bicyclic) bond motifs is 3. The quantitative estimate of drug-likeness (QED) is 0.650. The Labute approximate surface area is 149 Å². The van der Waals surface area contributed by atoms with Crippen LogP contribution < -0.4 is 4.74 Å². The molecule has 0 N–H and O–H groups in total. The van der Waals surface area contributed by atoms with Crippen molar-refractivity contribution in [3.63, 3.8) is 0 Å². The van der Waals surface area contributed by atoms with Gasteiger partial charge in [0.2, 0.25) is 5.88 Å². The molecule has 4 rings (SSSR count).